The maximum atomic E-state index is 4.59. The maximum absolute atomic E-state index is 4.59. The quantitative estimate of drug-likeness (QED) is 0.720. The van der Waals surface area contributed by atoms with E-state index >= 15 is 0 Å². The van der Waals surface area contributed by atoms with Gasteiger partial charge in [-0.3, -0.25) is 9.35 Å². The summed E-state index contributed by atoms with van der Waals surface area (Å²) in [6.07, 6.45) is 3.79. The van der Waals surface area contributed by atoms with E-state index in [4.69, 9.17) is 0 Å². The van der Waals surface area contributed by atoms with Crippen molar-refractivity contribution in [2.45, 2.75) is 32.7 Å². The van der Waals surface area contributed by atoms with Crippen molar-refractivity contribution in [1.82, 2.24) is 19.1 Å². The van der Waals surface area contributed by atoms with Gasteiger partial charge in [0.05, 0.1) is 0 Å². The summed E-state index contributed by atoms with van der Waals surface area (Å²) in [6.45, 7) is 11.5. The molecule has 6 nitrogen and oxygen atoms in total. The molecule has 0 amide bonds. The van der Waals surface area contributed by atoms with Crippen LogP contribution in [0.5, 0.6) is 0 Å². The lowest BCUT2D eigenvalue weighted by Gasteiger charge is -2.35. The minimum absolute atomic E-state index is 1.04. The molecule has 8 heteroatoms. The van der Waals surface area contributed by atoms with Crippen LogP contribution < -0.4 is 0 Å². The van der Waals surface area contributed by atoms with E-state index in [9.17, 15) is 0 Å². The standard InChI is InChI=1S/C11H24N6Si2/c1-14-8-12-16(18(3)4)10(14)11-15(2)9-13-17(11)19(5,6)7/h8-9,18H,1-7H3/b11-10-. The van der Waals surface area contributed by atoms with Crippen molar-refractivity contribution in [3.8, 4) is 0 Å². The molecule has 2 aliphatic heterocycles. The highest BCUT2D eigenvalue weighted by Crippen LogP contribution is 2.30. The second-order valence-electron chi connectivity index (χ2n) is 6.25. The lowest BCUT2D eigenvalue weighted by Crippen LogP contribution is -2.45. The molecule has 2 heterocycles. The smallest absolute Gasteiger partial charge is 0.179 e. The minimum atomic E-state index is -1.55. The van der Waals surface area contributed by atoms with Gasteiger partial charge in [0.15, 0.2) is 28.8 Å². The Labute approximate surface area is 118 Å². The molecule has 0 aromatic carbocycles. The van der Waals surface area contributed by atoms with Crippen molar-refractivity contribution >= 4 is 29.9 Å². The fourth-order valence-corrected chi connectivity index (χ4v) is 4.58. The first-order valence-electron chi connectivity index (χ1n) is 6.61. The second kappa shape index (κ2) is 4.67. The maximum Gasteiger partial charge on any atom is 0.179 e. The van der Waals surface area contributed by atoms with E-state index in [1.807, 2.05) is 12.7 Å². The fraction of sp³-hybridized carbons (Fsp3) is 0.636. The van der Waals surface area contributed by atoms with Crippen LogP contribution in [0.4, 0.5) is 0 Å². The molecule has 0 N–H and O–H groups in total. The number of hydrogen-bond acceptors (Lipinski definition) is 6. The monoisotopic (exact) mass is 296 g/mol. The van der Waals surface area contributed by atoms with Crippen LogP contribution in [0.2, 0.25) is 32.7 Å². The van der Waals surface area contributed by atoms with E-state index in [0.717, 1.165) is 11.6 Å². The molecule has 0 saturated carbocycles. The third kappa shape index (κ3) is 2.41. The molecular weight excluding hydrogens is 272 g/mol. The van der Waals surface area contributed by atoms with Gasteiger partial charge in [0.25, 0.3) is 0 Å². The fourth-order valence-electron chi connectivity index (χ4n) is 2.17. The van der Waals surface area contributed by atoms with Gasteiger partial charge in [0, 0.05) is 14.1 Å². The Morgan fingerprint density at radius 1 is 0.947 bits per heavy atom. The Morgan fingerprint density at radius 3 is 2.00 bits per heavy atom. The number of nitrogens with zero attached hydrogens (tertiary/aromatic N) is 6. The van der Waals surface area contributed by atoms with Gasteiger partial charge in [0.1, 0.15) is 12.7 Å². The van der Waals surface area contributed by atoms with Crippen molar-refractivity contribution in [3.63, 3.8) is 0 Å². The summed E-state index contributed by atoms with van der Waals surface area (Å²) in [5, 5.41) is 9.12. The Kier molecular flexibility index (Phi) is 3.48. The van der Waals surface area contributed by atoms with E-state index in [1.54, 1.807) is 0 Å². The molecule has 106 valence electrons. The SMILES string of the molecule is CN1C=NN([SiH](C)C)/C1=C1/N(C)C=NN1[Si](C)(C)C. The summed E-state index contributed by atoms with van der Waals surface area (Å²) in [5.74, 6) is 2.31. The molecule has 2 rings (SSSR count). The van der Waals surface area contributed by atoms with Crippen LogP contribution in [0.25, 0.3) is 0 Å². The van der Waals surface area contributed by atoms with Gasteiger partial charge in [-0.05, 0) is 19.6 Å². The first-order valence-corrected chi connectivity index (χ1v) is 12.9. The Bertz CT molecular complexity index is 451. The van der Waals surface area contributed by atoms with Gasteiger partial charge in [-0.1, -0.05) is 13.1 Å². The van der Waals surface area contributed by atoms with Crippen LogP contribution in [0.15, 0.2) is 21.8 Å². The lowest BCUT2D eigenvalue weighted by atomic mass is 10.5. The third-order valence-corrected chi connectivity index (χ3v) is 6.05. The predicted molar refractivity (Wildman–Crippen MR) is 85.4 cm³/mol. The van der Waals surface area contributed by atoms with Crippen molar-refractivity contribution in [2.24, 2.45) is 10.2 Å². The predicted octanol–water partition coefficient (Wildman–Crippen LogP) is 1.31. The van der Waals surface area contributed by atoms with Gasteiger partial charge >= 0.3 is 0 Å². The third-order valence-electron chi connectivity index (χ3n) is 3.10. The topological polar surface area (TPSA) is 37.7 Å². The van der Waals surface area contributed by atoms with Gasteiger partial charge in [-0.2, -0.15) is 10.2 Å². The van der Waals surface area contributed by atoms with E-state index in [0.29, 0.717) is 0 Å². The Hall–Kier alpha value is -1.29. The van der Waals surface area contributed by atoms with E-state index in [-0.39, 0.29) is 0 Å². The van der Waals surface area contributed by atoms with E-state index < -0.39 is 17.2 Å². The van der Waals surface area contributed by atoms with Crippen LogP contribution in [-0.4, -0.2) is 63.1 Å². The molecule has 2 aliphatic rings. The van der Waals surface area contributed by atoms with Crippen LogP contribution in [0.1, 0.15) is 0 Å². The zero-order chi connectivity index (χ0) is 14.4. The van der Waals surface area contributed by atoms with Gasteiger partial charge in [-0.25, -0.2) is 0 Å². The van der Waals surface area contributed by atoms with Gasteiger partial charge in [-0.15, -0.1) is 0 Å². The summed E-state index contributed by atoms with van der Waals surface area (Å²) < 4.78 is 4.39. The highest BCUT2D eigenvalue weighted by atomic mass is 28.3. The summed E-state index contributed by atoms with van der Waals surface area (Å²) in [5.41, 5.74) is 0. The average molecular weight is 297 g/mol. The molecule has 0 bridgehead atoms. The van der Waals surface area contributed by atoms with Crippen molar-refractivity contribution in [2.75, 3.05) is 14.1 Å². The molecule has 0 aromatic heterocycles. The highest BCUT2D eigenvalue weighted by molar-refractivity contribution is 6.73. The Morgan fingerprint density at radius 2 is 1.47 bits per heavy atom. The summed E-state index contributed by atoms with van der Waals surface area (Å²) in [4.78, 5) is 4.20. The zero-order valence-electron chi connectivity index (χ0n) is 12.9. The molecule has 19 heavy (non-hydrogen) atoms. The van der Waals surface area contributed by atoms with Crippen molar-refractivity contribution in [1.29, 1.82) is 0 Å². The van der Waals surface area contributed by atoms with Crippen LogP contribution in [-0.2, 0) is 0 Å². The lowest BCUT2D eigenvalue weighted by molar-refractivity contribution is 0.387. The molecule has 0 saturated heterocycles. The van der Waals surface area contributed by atoms with Crippen LogP contribution in [0, 0.1) is 0 Å². The molecule has 0 unspecified atom stereocenters. The largest absolute Gasteiger partial charge is 0.317 e. The highest BCUT2D eigenvalue weighted by Gasteiger charge is 2.37. The summed E-state index contributed by atoms with van der Waals surface area (Å²) in [6, 6.07) is 0. The molecule has 0 aromatic rings. The first-order chi connectivity index (χ1) is 8.73. The molecule has 0 aliphatic carbocycles. The molecule has 0 fully saturated rings. The first kappa shape index (κ1) is 14.1. The van der Waals surface area contributed by atoms with Crippen molar-refractivity contribution in [3.05, 3.63) is 11.6 Å². The number of hydrogen-bond donors (Lipinski definition) is 0. The molecule has 0 spiro atoms. The molecule has 0 radical (unpaired) electrons. The second-order valence-corrected chi connectivity index (χ2v) is 13.7. The molecular formula is C11H24N6Si2. The number of hydrazone groups is 2. The van der Waals surface area contributed by atoms with E-state index in [2.05, 4.69) is 76.2 Å². The number of rotatable bonds is 2. The summed E-state index contributed by atoms with van der Waals surface area (Å²) in [7, 11) is 1.52. The minimum Gasteiger partial charge on any atom is -0.317 e. The van der Waals surface area contributed by atoms with Gasteiger partial charge < -0.3 is 9.80 Å². The van der Waals surface area contributed by atoms with Crippen LogP contribution >= 0.6 is 0 Å². The molecule has 0 atom stereocenters. The zero-order valence-corrected chi connectivity index (χ0v) is 15.1. The summed E-state index contributed by atoms with van der Waals surface area (Å²) >= 11 is 0. The van der Waals surface area contributed by atoms with Crippen LogP contribution in [0.3, 0.4) is 0 Å². The normalized spacial score (nSPS) is 23.6. The average Bonchev–Trinajstić information content (AvgIpc) is 2.80. The Balaban J connectivity index is 2.49. The van der Waals surface area contributed by atoms with Gasteiger partial charge in [0.2, 0.25) is 0 Å². The van der Waals surface area contributed by atoms with Crippen molar-refractivity contribution < 1.29 is 0 Å². The van der Waals surface area contributed by atoms with E-state index in [1.165, 1.54) is 0 Å².